The van der Waals surface area contributed by atoms with E-state index in [0.717, 1.165) is 46.3 Å². The van der Waals surface area contributed by atoms with Crippen molar-refractivity contribution >= 4 is 32.6 Å². The van der Waals surface area contributed by atoms with Crippen molar-refractivity contribution in [1.82, 2.24) is 9.88 Å². The number of amides is 1. The second-order valence-electron chi connectivity index (χ2n) is 7.69. The molecule has 3 aromatic rings. The summed E-state index contributed by atoms with van der Waals surface area (Å²) in [6, 6.07) is 11.6. The summed E-state index contributed by atoms with van der Waals surface area (Å²) in [7, 11) is 0. The van der Waals surface area contributed by atoms with Crippen LogP contribution in [0.25, 0.3) is 10.2 Å². The lowest BCUT2D eigenvalue weighted by Crippen LogP contribution is -2.41. The number of thiazole rings is 1. The van der Waals surface area contributed by atoms with E-state index in [2.05, 4.69) is 44.7 Å². The van der Waals surface area contributed by atoms with Crippen molar-refractivity contribution in [3.8, 4) is 11.5 Å². The van der Waals surface area contributed by atoms with Crippen LogP contribution in [0.5, 0.6) is 11.5 Å². The topological polar surface area (TPSA) is 54.9 Å². The van der Waals surface area contributed by atoms with E-state index >= 15 is 0 Å². The van der Waals surface area contributed by atoms with Gasteiger partial charge in [0.25, 0.3) is 5.91 Å². The number of aryl methyl sites for hydroxylation is 2. The molecule has 0 saturated carbocycles. The van der Waals surface area contributed by atoms with Crippen molar-refractivity contribution in [3.05, 3.63) is 47.5 Å². The molecule has 0 unspecified atom stereocenters. The van der Waals surface area contributed by atoms with Crippen LogP contribution in [0.1, 0.15) is 31.9 Å². The van der Waals surface area contributed by atoms with Gasteiger partial charge in [-0.3, -0.25) is 9.69 Å². The van der Waals surface area contributed by atoms with E-state index in [1.165, 1.54) is 5.56 Å². The van der Waals surface area contributed by atoms with Crippen LogP contribution in [0, 0.1) is 13.8 Å². The first kappa shape index (κ1) is 24.0. The van der Waals surface area contributed by atoms with Crippen molar-refractivity contribution < 1.29 is 14.3 Å². The number of benzene rings is 2. The average Bonchev–Trinajstić information content (AvgIpc) is 3.20. The van der Waals surface area contributed by atoms with Crippen molar-refractivity contribution in [2.75, 3.05) is 44.3 Å². The van der Waals surface area contributed by atoms with Gasteiger partial charge in [0.2, 0.25) is 0 Å². The zero-order valence-electron chi connectivity index (χ0n) is 19.7. The molecule has 1 amide bonds. The highest BCUT2D eigenvalue weighted by Gasteiger charge is 2.21. The summed E-state index contributed by atoms with van der Waals surface area (Å²) in [4.78, 5) is 22.1. The fourth-order valence-corrected chi connectivity index (χ4v) is 4.79. The normalized spacial score (nSPS) is 11.2. The van der Waals surface area contributed by atoms with E-state index in [0.29, 0.717) is 18.9 Å². The number of nitrogens with zero attached hydrogens (tertiary/aromatic N) is 3. The van der Waals surface area contributed by atoms with Gasteiger partial charge in [-0.2, -0.15) is 0 Å². The minimum Gasteiger partial charge on any atom is -0.494 e. The van der Waals surface area contributed by atoms with Gasteiger partial charge in [-0.15, -0.1) is 0 Å². The van der Waals surface area contributed by atoms with Gasteiger partial charge < -0.3 is 14.4 Å². The molecular weight excluding hydrogens is 422 g/mol. The van der Waals surface area contributed by atoms with E-state index in [4.69, 9.17) is 14.5 Å². The first-order valence-electron chi connectivity index (χ1n) is 11.2. The maximum Gasteiger partial charge on any atom is 0.266 e. The van der Waals surface area contributed by atoms with Gasteiger partial charge in [0, 0.05) is 13.1 Å². The number of anilines is 1. The molecule has 0 N–H and O–H groups in total. The third kappa shape index (κ3) is 5.99. The van der Waals surface area contributed by atoms with Crippen LogP contribution in [0.2, 0.25) is 0 Å². The highest BCUT2D eigenvalue weighted by atomic mass is 32.1. The van der Waals surface area contributed by atoms with Gasteiger partial charge in [-0.1, -0.05) is 31.3 Å². The number of rotatable bonds is 11. The Morgan fingerprint density at radius 1 is 0.969 bits per heavy atom. The van der Waals surface area contributed by atoms with Crippen molar-refractivity contribution in [3.63, 3.8) is 0 Å². The third-order valence-electron chi connectivity index (χ3n) is 5.38. The van der Waals surface area contributed by atoms with Gasteiger partial charge in [-0.05, 0) is 75.3 Å². The molecule has 32 heavy (non-hydrogen) atoms. The number of ether oxygens (including phenoxy) is 2. The summed E-state index contributed by atoms with van der Waals surface area (Å²) in [5.41, 5.74) is 3.29. The van der Waals surface area contributed by atoms with Crippen LogP contribution < -0.4 is 14.4 Å². The highest BCUT2D eigenvalue weighted by Crippen LogP contribution is 2.32. The van der Waals surface area contributed by atoms with Crippen molar-refractivity contribution in [2.24, 2.45) is 0 Å². The Morgan fingerprint density at radius 2 is 1.62 bits per heavy atom. The molecule has 172 valence electrons. The molecule has 0 spiro atoms. The molecule has 1 aromatic heterocycles. The van der Waals surface area contributed by atoms with Crippen LogP contribution in [-0.2, 0) is 4.79 Å². The Kier molecular flexibility index (Phi) is 8.47. The number of hydrogen-bond donors (Lipinski definition) is 0. The first-order chi connectivity index (χ1) is 15.4. The van der Waals surface area contributed by atoms with Gasteiger partial charge in [0.15, 0.2) is 11.7 Å². The molecule has 1 heterocycles. The Balaban J connectivity index is 1.78. The van der Waals surface area contributed by atoms with E-state index in [1.54, 1.807) is 16.2 Å². The fourth-order valence-electron chi connectivity index (χ4n) is 3.60. The summed E-state index contributed by atoms with van der Waals surface area (Å²) >= 11 is 1.56. The Labute approximate surface area is 194 Å². The largest absolute Gasteiger partial charge is 0.494 e. The Hall–Kier alpha value is -2.64. The minimum absolute atomic E-state index is 0.0415. The molecule has 0 fully saturated rings. The van der Waals surface area contributed by atoms with Crippen molar-refractivity contribution in [1.29, 1.82) is 0 Å². The van der Waals surface area contributed by atoms with Gasteiger partial charge in [0.1, 0.15) is 11.5 Å². The Morgan fingerprint density at radius 3 is 2.25 bits per heavy atom. The van der Waals surface area contributed by atoms with Crippen LogP contribution in [0.15, 0.2) is 36.4 Å². The molecule has 3 rings (SSSR count). The molecule has 0 bridgehead atoms. The summed E-state index contributed by atoms with van der Waals surface area (Å²) in [5.74, 6) is 1.33. The number of hydrogen-bond acceptors (Lipinski definition) is 6. The second-order valence-corrected chi connectivity index (χ2v) is 8.70. The molecule has 6 nitrogen and oxygen atoms in total. The molecule has 7 heteroatoms. The number of likely N-dealkylation sites (N-methyl/N-ethyl adjacent to an activating group) is 1. The number of carbonyl (C=O) groups excluding carboxylic acids is 1. The molecule has 0 aliphatic rings. The molecule has 0 atom stereocenters. The summed E-state index contributed by atoms with van der Waals surface area (Å²) in [5, 5.41) is 0.723. The van der Waals surface area contributed by atoms with Crippen LogP contribution in [0.4, 0.5) is 5.13 Å². The van der Waals surface area contributed by atoms with E-state index in [1.807, 2.05) is 31.2 Å². The lowest BCUT2D eigenvalue weighted by atomic mass is 10.1. The van der Waals surface area contributed by atoms with Gasteiger partial charge >= 0.3 is 0 Å². The van der Waals surface area contributed by atoms with Gasteiger partial charge in [-0.25, -0.2) is 4.98 Å². The van der Waals surface area contributed by atoms with E-state index < -0.39 is 0 Å². The molecule has 2 aromatic carbocycles. The highest BCUT2D eigenvalue weighted by molar-refractivity contribution is 7.22. The van der Waals surface area contributed by atoms with Crippen LogP contribution in [0.3, 0.4) is 0 Å². The molecule has 0 aliphatic heterocycles. The molecule has 0 aliphatic carbocycles. The maximum atomic E-state index is 13.2. The van der Waals surface area contributed by atoms with Crippen LogP contribution in [-0.4, -0.2) is 55.2 Å². The maximum absolute atomic E-state index is 13.2. The van der Waals surface area contributed by atoms with Crippen molar-refractivity contribution in [2.45, 2.75) is 34.6 Å². The van der Waals surface area contributed by atoms with E-state index in [-0.39, 0.29) is 12.5 Å². The number of aromatic nitrogens is 1. The standard InChI is InChI=1S/C25H33N3O3S/c1-6-27(7-2)13-14-28(25-26-24-19(5)15-18(4)16-22(24)32-25)23(29)17-31-21-11-9-20(10-12-21)30-8-3/h9-12,15-16H,6-8,13-14,17H2,1-5H3. The average molecular weight is 456 g/mol. The van der Waals surface area contributed by atoms with Gasteiger partial charge in [0.05, 0.1) is 16.8 Å². The smallest absolute Gasteiger partial charge is 0.266 e. The predicted molar refractivity (Wildman–Crippen MR) is 132 cm³/mol. The minimum atomic E-state index is -0.0977. The molecule has 0 radical (unpaired) electrons. The van der Waals surface area contributed by atoms with E-state index in [9.17, 15) is 4.79 Å². The molecule has 0 saturated heterocycles. The Bertz CT molecular complexity index is 1030. The fraction of sp³-hybridized carbons (Fsp3) is 0.440. The predicted octanol–water partition coefficient (Wildman–Crippen LogP) is 5.07. The molecular formula is C25H33N3O3S. The summed E-state index contributed by atoms with van der Waals surface area (Å²) in [6.07, 6.45) is 0. The number of carbonyl (C=O) groups is 1. The zero-order valence-corrected chi connectivity index (χ0v) is 20.5. The number of fused-ring (bicyclic) bond motifs is 1. The zero-order chi connectivity index (χ0) is 23.1. The van der Waals surface area contributed by atoms with Crippen LogP contribution >= 0.6 is 11.3 Å². The monoisotopic (exact) mass is 455 g/mol. The third-order valence-corrected chi connectivity index (χ3v) is 6.41. The lowest BCUT2D eigenvalue weighted by molar-refractivity contribution is -0.120. The lowest BCUT2D eigenvalue weighted by Gasteiger charge is -2.24. The summed E-state index contributed by atoms with van der Waals surface area (Å²) < 4.78 is 12.4. The quantitative estimate of drug-likeness (QED) is 0.404. The first-order valence-corrected chi connectivity index (χ1v) is 12.0. The summed E-state index contributed by atoms with van der Waals surface area (Å²) in [6.45, 7) is 14.2. The SMILES string of the molecule is CCOc1ccc(OCC(=O)N(CCN(CC)CC)c2nc3c(C)cc(C)cc3s2)cc1. The second kappa shape index (κ2) is 11.3.